The highest BCUT2D eigenvalue weighted by Crippen LogP contribution is 2.16. The van der Waals surface area contributed by atoms with Crippen LogP contribution in [0.5, 0.6) is 0 Å². The standard InChI is InChI=1S/C69H118O6/c1-4-7-10-13-16-19-21-23-25-27-28-29-30-31-32-33-34-35-36-37-38-39-40-42-43-45-47-50-53-56-59-62-68(71)74-65-66(64-73-67(70)61-58-55-52-49-18-15-12-9-6-3)75-69(72)63-60-57-54-51-48-46-44-41-26-24-22-20-17-14-11-8-5-2/h7,10,16,19,23-26,28-29,31-32,34-35,37-38,66H,4-6,8-9,11-15,17-18,20-22,27,30,33,36,39-65H2,1-3H3/b10-7-,19-16-,25-23-,26-24-,29-28-,32-31-,35-34-,38-37-. The number of carbonyl (C=O) groups excluding carboxylic acids is 3. The number of rotatable bonds is 57. The summed E-state index contributed by atoms with van der Waals surface area (Å²) in [5.41, 5.74) is 0. The molecule has 6 nitrogen and oxygen atoms in total. The van der Waals surface area contributed by atoms with Gasteiger partial charge < -0.3 is 14.2 Å². The number of hydrogen-bond donors (Lipinski definition) is 0. The lowest BCUT2D eigenvalue weighted by atomic mass is 10.1. The summed E-state index contributed by atoms with van der Waals surface area (Å²) in [6, 6.07) is 0. The van der Waals surface area contributed by atoms with Crippen LogP contribution in [0.15, 0.2) is 97.2 Å². The molecule has 0 amide bonds. The van der Waals surface area contributed by atoms with E-state index < -0.39 is 6.10 Å². The molecule has 6 heteroatoms. The highest BCUT2D eigenvalue weighted by molar-refractivity contribution is 5.71. The van der Waals surface area contributed by atoms with Crippen molar-refractivity contribution in [2.75, 3.05) is 13.2 Å². The number of unbranched alkanes of at least 4 members (excludes halogenated alkanes) is 30. The summed E-state index contributed by atoms with van der Waals surface area (Å²) in [7, 11) is 0. The van der Waals surface area contributed by atoms with Crippen LogP contribution in [0, 0.1) is 0 Å². The fraction of sp³-hybridized carbons (Fsp3) is 0.725. The Labute approximate surface area is 464 Å². The van der Waals surface area contributed by atoms with E-state index in [2.05, 4.69) is 118 Å². The third-order valence-corrected chi connectivity index (χ3v) is 13.6. The maximum atomic E-state index is 12.9. The first-order chi connectivity index (χ1) is 37.0. The van der Waals surface area contributed by atoms with Gasteiger partial charge in [0, 0.05) is 19.3 Å². The second-order valence-corrected chi connectivity index (χ2v) is 20.9. The Kier molecular flexibility index (Phi) is 59.8. The molecule has 0 N–H and O–H groups in total. The van der Waals surface area contributed by atoms with E-state index in [-0.39, 0.29) is 31.1 Å². The quantitative estimate of drug-likeness (QED) is 0.0261. The highest BCUT2D eigenvalue weighted by Gasteiger charge is 2.19. The average Bonchev–Trinajstić information content (AvgIpc) is 3.41. The van der Waals surface area contributed by atoms with Gasteiger partial charge >= 0.3 is 17.9 Å². The van der Waals surface area contributed by atoms with Gasteiger partial charge in [0.1, 0.15) is 13.2 Å². The highest BCUT2D eigenvalue weighted by atomic mass is 16.6. The van der Waals surface area contributed by atoms with Crippen molar-refractivity contribution >= 4 is 17.9 Å². The Morgan fingerprint density at radius 3 is 0.827 bits per heavy atom. The van der Waals surface area contributed by atoms with Gasteiger partial charge in [0.05, 0.1) is 0 Å². The normalized spacial score (nSPS) is 12.7. The van der Waals surface area contributed by atoms with E-state index in [1.807, 2.05) is 0 Å². The van der Waals surface area contributed by atoms with Crippen LogP contribution in [0.4, 0.5) is 0 Å². The first-order valence-electron chi connectivity index (χ1n) is 31.7. The molecule has 0 aliphatic heterocycles. The van der Waals surface area contributed by atoms with Gasteiger partial charge in [-0.25, -0.2) is 0 Å². The van der Waals surface area contributed by atoms with E-state index in [1.165, 1.54) is 154 Å². The smallest absolute Gasteiger partial charge is 0.306 e. The first kappa shape index (κ1) is 71.3. The van der Waals surface area contributed by atoms with Crippen LogP contribution in [0.1, 0.15) is 303 Å². The van der Waals surface area contributed by atoms with E-state index >= 15 is 0 Å². The van der Waals surface area contributed by atoms with Gasteiger partial charge in [-0.2, -0.15) is 0 Å². The molecule has 0 bridgehead atoms. The molecule has 0 aliphatic rings. The molecule has 0 saturated heterocycles. The molecule has 0 aromatic rings. The Morgan fingerprint density at radius 2 is 0.520 bits per heavy atom. The Morgan fingerprint density at radius 1 is 0.280 bits per heavy atom. The lowest BCUT2D eigenvalue weighted by Crippen LogP contribution is -2.30. The van der Waals surface area contributed by atoms with Crippen LogP contribution in [-0.2, 0) is 28.6 Å². The largest absolute Gasteiger partial charge is 0.462 e. The fourth-order valence-corrected chi connectivity index (χ4v) is 8.83. The Balaban J connectivity index is 4.20. The van der Waals surface area contributed by atoms with Crippen LogP contribution in [0.2, 0.25) is 0 Å². The minimum absolute atomic E-state index is 0.0781. The van der Waals surface area contributed by atoms with E-state index in [1.54, 1.807) is 0 Å². The molecule has 430 valence electrons. The van der Waals surface area contributed by atoms with Crippen molar-refractivity contribution < 1.29 is 28.6 Å². The molecule has 0 rings (SSSR count). The zero-order chi connectivity index (χ0) is 54.3. The average molecular weight is 1040 g/mol. The van der Waals surface area contributed by atoms with Crippen LogP contribution >= 0.6 is 0 Å². The molecule has 0 heterocycles. The van der Waals surface area contributed by atoms with Crippen LogP contribution in [0.3, 0.4) is 0 Å². The summed E-state index contributed by atoms with van der Waals surface area (Å²) in [5, 5.41) is 0. The number of esters is 3. The van der Waals surface area contributed by atoms with Crippen molar-refractivity contribution in [3.63, 3.8) is 0 Å². The van der Waals surface area contributed by atoms with Gasteiger partial charge in [0.15, 0.2) is 6.10 Å². The number of ether oxygens (including phenoxy) is 3. The Hall–Kier alpha value is -3.67. The minimum Gasteiger partial charge on any atom is -0.462 e. The molecule has 0 spiro atoms. The molecular formula is C69H118O6. The van der Waals surface area contributed by atoms with E-state index in [4.69, 9.17) is 14.2 Å². The minimum atomic E-state index is -0.780. The summed E-state index contributed by atoms with van der Waals surface area (Å²) < 4.78 is 16.9. The first-order valence-corrected chi connectivity index (χ1v) is 31.7. The van der Waals surface area contributed by atoms with Crippen LogP contribution in [0.25, 0.3) is 0 Å². The van der Waals surface area contributed by atoms with Gasteiger partial charge in [-0.1, -0.05) is 279 Å². The SMILES string of the molecule is CC/C=C\C/C=C\C/C=C\C/C=C\C/C=C\C/C=C\C/C=C\CCCCCCCCCCCC(=O)OCC(COC(=O)CCCCCCCCCCC)OC(=O)CCCCCCCCC/C=C\CCCCCCCC. The molecule has 1 atom stereocenters. The molecular weight excluding hydrogens is 925 g/mol. The van der Waals surface area contributed by atoms with Crippen molar-refractivity contribution in [3.8, 4) is 0 Å². The molecule has 0 aromatic carbocycles. The predicted molar refractivity (Wildman–Crippen MR) is 325 cm³/mol. The maximum absolute atomic E-state index is 12.9. The van der Waals surface area contributed by atoms with Crippen molar-refractivity contribution in [1.29, 1.82) is 0 Å². The molecule has 0 aliphatic carbocycles. The molecule has 0 fully saturated rings. The van der Waals surface area contributed by atoms with Gasteiger partial charge in [-0.3, -0.25) is 14.4 Å². The zero-order valence-corrected chi connectivity index (χ0v) is 49.3. The summed E-state index contributed by atoms with van der Waals surface area (Å²) >= 11 is 0. The lowest BCUT2D eigenvalue weighted by molar-refractivity contribution is -0.167. The van der Waals surface area contributed by atoms with Crippen molar-refractivity contribution in [1.82, 2.24) is 0 Å². The monoisotopic (exact) mass is 1040 g/mol. The van der Waals surface area contributed by atoms with E-state index in [0.29, 0.717) is 19.3 Å². The fourth-order valence-electron chi connectivity index (χ4n) is 8.83. The van der Waals surface area contributed by atoms with Gasteiger partial charge in [-0.05, 0) is 103 Å². The second-order valence-electron chi connectivity index (χ2n) is 20.9. The van der Waals surface area contributed by atoms with Gasteiger partial charge in [0.25, 0.3) is 0 Å². The second kappa shape index (κ2) is 62.9. The summed E-state index contributed by atoms with van der Waals surface area (Å²) in [4.78, 5) is 38.1. The van der Waals surface area contributed by atoms with Crippen LogP contribution < -0.4 is 0 Å². The van der Waals surface area contributed by atoms with Gasteiger partial charge in [0.2, 0.25) is 0 Å². The van der Waals surface area contributed by atoms with Crippen molar-refractivity contribution in [2.24, 2.45) is 0 Å². The van der Waals surface area contributed by atoms with E-state index in [9.17, 15) is 14.4 Å². The van der Waals surface area contributed by atoms with Crippen molar-refractivity contribution in [2.45, 2.75) is 309 Å². The molecule has 0 aromatic heterocycles. The molecule has 1 unspecified atom stereocenters. The summed E-state index contributed by atoms with van der Waals surface area (Å²) in [6.07, 6.45) is 84.2. The van der Waals surface area contributed by atoms with Crippen molar-refractivity contribution in [3.05, 3.63) is 97.2 Å². The molecule has 0 radical (unpaired) electrons. The summed E-state index contributed by atoms with van der Waals surface area (Å²) in [6.45, 7) is 6.51. The predicted octanol–water partition coefficient (Wildman–Crippen LogP) is 21.7. The molecule has 0 saturated carbocycles. The third kappa shape index (κ3) is 61.1. The lowest BCUT2D eigenvalue weighted by Gasteiger charge is -2.18. The maximum Gasteiger partial charge on any atom is 0.306 e. The van der Waals surface area contributed by atoms with Gasteiger partial charge in [-0.15, -0.1) is 0 Å². The summed E-state index contributed by atoms with van der Waals surface area (Å²) in [5.74, 6) is -0.883. The molecule has 75 heavy (non-hydrogen) atoms. The van der Waals surface area contributed by atoms with Crippen LogP contribution in [-0.4, -0.2) is 37.2 Å². The topological polar surface area (TPSA) is 78.9 Å². The Bertz CT molecular complexity index is 1480. The number of allylic oxidation sites excluding steroid dienone is 16. The zero-order valence-electron chi connectivity index (χ0n) is 49.3. The van der Waals surface area contributed by atoms with E-state index in [0.717, 1.165) is 109 Å². The number of hydrogen-bond acceptors (Lipinski definition) is 6. The third-order valence-electron chi connectivity index (χ3n) is 13.6. The number of carbonyl (C=O) groups is 3.